The number of hydrogen-bond donors (Lipinski definition) is 0. The Morgan fingerprint density at radius 1 is 1.18 bits per heavy atom. The van der Waals surface area contributed by atoms with Crippen LogP contribution in [0.1, 0.15) is 25.3 Å². The van der Waals surface area contributed by atoms with E-state index in [0.29, 0.717) is 5.92 Å². The Hall–Kier alpha value is -0.0600. The molecule has 0 bridgehead atoms. The molecule has 1 aromatic carbocycles. The molecular formula is C9H14ClP. The zero-order chi connectivity index (χ0) is 7.56. The third kappa shape index (κ3) is 2.81. The predicted octanol–water partition coefficient (Wildman–Crippen LogP) is 2.73. The van der Waals surface area contributed by atoms with Crippen LogP contribution in [0.15, 0.2) is 24.3 Å². The minimum Gasteiger partial charge on any atom is -0.147 e. The summed E-state index contributed by atoms with van der Waals surface area (Å²) in [6, 6.07) is 8.45. The van der Waals surface area contributed by atoms with Crippen molar-refractivity contribution < 1.29 is 0 Å². The Kier molecular flexibility index (Phi) is 4.72. The second kappa shape index (κ2) is 4.74. The van der Waals surface area contributed by atoms with Gasteiger partial charge in [-0.25, -0.2) is 0 Å². The van der Waals surface area contributed by atoms with E-state index in [-0.39, 0.29) is 12.4 Å². The summed E-state index contributed by atoms with van der Waals surface area (Å²) in [4.78, 5) is 0. The lowest BCUT2D eigenvalue weighted by atomic mass is 10.0. The third-order valence-corrected chi connectivity index (χ3v) is 2.14. The van der Waals surface area contributed by atoms with Gasteiger partial charge in [0.2, 0.25) is 0 Å². The number of halogens is 1. The van der Waals surface area contributed by atoms with Gasteiger partial charge in [-0.2, -0.15) is 0 Å². The molecule has 0 N–H and O–H groups in total. The third-order valence-electron chi connectivity index (χ3n) is 1.62. The molecule has 0 aliphatic rings. The van der Waals surface area contributed by atoms with Crippen LogP contribution in [-0.2, 0) is 0 Å². The standard InChI is InChI=1S/C9H13P.ClH/c1-7(2)8-5-3-4-6-9(8)10;/h3-7H,10H2,1-2H3;1H. The van der Waals surface area contributed by atoms with Crippen LogP contribution in [0.3, 0.4) is 0 Å². The Labute approximate surface area is 77.0 Å². The molecule has 0 amide bonds. The Morgan fingerprint density at radius 3 is 2.09 bits per heavy atom. The lowest BCUT2D eigenvalue weighted by Gasteiger charge is -2.07. The SMILES string of the molecule is CC(C)c1ccccc1P.Cl. The van der Waals surface area contributed by atoms with Gasteiger partial charge in [0, 0.05) is 0 Å². The van der Waals surface area contributed by atoms with Gasteiger partial charge in [-0.15, -0.1) is 21.6 Å². The Bertz CT molecular complexity index is 221. The van der Waals surface area contributed by atoms with Gasteiger partial charge in [0.15, 0.2) is 0 Å². The van der Waals surface area contributed by atoms with Crippen LogP contribution >= 0.6 is 21.6 Å². The lowest BCUT2D eigenvalue weighted by Crippen LogP contribution is -2.01. The topological polar surface area (TPSA) is 0 Å². The summed E-state index contributed by atoms with van der Waals surface area (Å²) >= 11 is 0. The molecule has 1 aromatic rings. The molecule has 0 spiro atoms. The van der Waals surface area contributed by atoms with Crippen molar-refractivity contribution in [2.45, 2.75) is 19.8 Å². The van der Waals surface area contributed by atoms with E-state index in [9.17, 15) is 0 Å². The minimum atomic E-state index is 0. The summed E-state index contributed by atoms with van der Waals surface area (Å²) in [6.45, 7) is 4.42. The summed E-state index contributed by atoms with van der Waals surface area (Å²) in [5.74, 6) is 0.633. The fourth-order valence-corrected chi connectivity index (χ4v) is 1.58. The van der Waals surface area contributed by atoms with Crippen LogP contribution in [0.4, 0.5) is 0 Å². The predicted molar refractivity (Wildman–Crippen MR) is 57.1 cm³/mol. The molecule has 1 atom stereocenters. The highest BCUT2D eigenvalue weighted by atomic mass is 35.5. The first-order chi connectivity index (χ1) is 4.72. The van der Waals surface area contributed by atoms with E-state index in [2.05, 4.69) is 47.4 Å². The van der Waals surface area contributed by atoms with Crippen molar-refractivity contribution in [2.24, 2.45) is 0 Å². The summed E-state index contributed by atoms with van der Waals surface area (Å²) in [6.07, 6.45) is 0. The van der Waals surface area contributed by atoms with Crippen LogP contribution in [0.2, 0.25) is 0 Å². The Morgan fingerprint density at radius 2 is 1.73 bits per heavy atom. The number of hydrogen-bond acceptors (Lipinski definition) is 0. The molecule has 0 fully saturated rings. The van der Waals surface area contributed by atoms with E-state index in [1.165, 1.54) is 10.9 Å². The molecule has 0 nitrogen and oxygen atoms in total. The maximum absolute atomic E-state index is 2.76. The average Bonchev–Trinajstić information content (AvgIpc) is 1.88. The van der Waals surface area contributed by atoms with Crippen molar-refractivity contribution in [2.75, 3.05) is 0 Å². The van der Waals surface area contributed by atoms with Crippen LogP contribution in [0, 0.1) is 0 Å². The monoisotopic (exact) mass is 188 g/mol. The molecule has 0 aliphatic carbocycles. The lowest BCUT2D eigenvalue weighted by molar-refractivity contribution is 0.874. The molecule has 11 heavy (non-hydrogen) atoms. The van der Waals surface area contributed by atoms with Crippen molar-refractivity contribution in [3.05, 3.63) is 29.8 Å². The molecule has 0 saturated carbocycles. The van der Waals surface area contributed by atoms with E-state index < -0.39 is 0 Å². The van der Waals surface area contributed by atoms with E-state index in [1.807, 2.05) is 0 Å². The van der Waals surface area contributed by atoms with E-state index in [0.717, 1.165) is 0 Å². The molecule has 62 valence electrons. The summed E-state index contributed by atoms with van der Waals surface area (Å²) in [7, 11) is 2.76. The second-order valence-corrected chi connectivity index (χ2v) is 3.41. The highest BCUT2D eigenvalue weighted by Gasteiger charge is 1.99. The van der Waals surface area contributed by atoms with E-state index in [4.69, 9.17) is 0 Å². The highest BCUT2D eigenvalue weighted by molar-refractivity contribution is 7.27. The first-order valence-corrected chi connectivity index (χ1v) is 4.14. The molecule has 1 rings (SSSR count). The van der Waals surface area contributed by atoms with Crippen molar-refractivity contribution in [1.82, 2.24) is 0 Å². The molecule has 0 saturated heterocycles. The Balaban J connectivity index is 0.000001000. The van der Waals surface area contributed by atoms with Crippen molar-refractivity contribution in [3.8, 4) is 0 Å². The van der Waals surface area contributed by atoms with Crippen molar-refractivity contribution in [3.63, 3.8) is 0 Å². The molecule has 2 heteroatoms. The first kappa shape index (κ1) is 10.9. The van der Waals surface area contributed by atoms with Gasteiger partial charge in [-0.1, -0.05) is 38.1 Å². The largest absolute Gasteiger partial charge is 0.147 e. The smallest absolute Gasteiger partial charge is 0.0213 e. The van der Waals surface area contributed by atoms with Gasteiger partial charge in [0.1, 0.15) is 0 Å². The molecule has 0 radical (unpaired) electrons. The first-order valence-electron chi connectivity index (χ1n) is 3.56. The van der Waals surface area contributed by atoms with Crippen LogP contribution < -0.4 is 5.30 Å². The fraction of sp³-hybridized carbons (Fsp3) is 0.333. The van der Waals surface area contributed by atoms with Crippen molar-refractivity contribution in [1.29, 1.82) is 0 Å². The fourth-order valence-electron chi connectivity index (χ4n) is 1.04. The molecular weight excluding hydrogens is 175 g/mol. The minimum absolute atomic E-state index is 0. The number of benzene rings is 1. The van der Waals surface area contributed by atoms with Gasteiger partial charge in [0.05, 0.1) is 0 Å². The summed E-state index contributed by atoms with van der Waals surface area (Å²) in [5, 5.41) is 1.32. The van der Waals surface area contributed by atoms with E-state index in [1.54, 1.807) is 0 Å². The molecule has 0 heterocycles. The summed E-state index contributed by atoms with van der Waals surface area (Å²) in [5.41, 5.74) is 1.42. The van der Waals surface area contributed by atoms with Gasteiger partial charge in [-0.3, -0.25) is 0 Å². The zero-order valence-electron chi connectivity index (χ0n) is 6.87. The number of rotatable bonds is 1. The van der Waals surface area contributed by atoms with Gasteiger partial charge in [-0.05, 0) is 16.8 Å². The molecule has 0 aliphatic heterocycles. The average molecular weight is 189 g/mol. The van der Waals surface area contributed by atoms with E-state index >= 15 is 0 Å². The van der Waals surface area contributed by atoms with Crippen LogP contribution in [0.25, 0.3) is 0 Å². The van der Waals surface area contributed by atoms with Crippen LogP contribution in [-0.4, -0.2) is 0 Å². The van der Waals surface area contributed by atoms with Crippen LogP contribution in [0.5, 0.6) is 0 Å². The highest BCUT2D eigenvalue weighted by Crippen LogP contribution is 2.12. The van der Waals surface area contributed by atoms with Gasteiger partial charge >= 0.3 is 0 Å². The maximum atomic E-state index is 2.76. The van der Waals surface area contributed by atoms with Crippen molar-refractivity contribution >= 4 is 27.0 Å². The normalized spacial score (nSPS) is 9.45. The molecule has 0 aromatic heterocycles. The summed E-state index contributed by atoms with van der Waals surface area (Å²) < 4.78 is 0. The van der Waals surface area contributed by atoms with Gasteiger partial charge < -0.3 is 0 Å². The maximum Gasteiger partial charge on any atom is -0.0213 e. The zero-order valence-corrected chi connectivity index (χ0v) is 8.84. The second-order valence-electron chi connectivity index (χ2n) is 2.78. The quantitative estimate of drug-likeness (QED) is 0.595. The molecule has 1 unspecified atom stereocenters. The van der Waals surface area contributed by atoms with Gasteiger partial charge in [0.25, 0.3) is 0 Å².